The fourth-order valence-corrected chi connectivity index (χ4v) is 2.58. The van der Waals surface area contributed by atoms with Gasteiger partial charge in [-0.1, -0.05) is 29.8 Å². The van der Waals surface area contributed by atoms with Crippen molar-refractivity contribution in [2.24, 2.45) is 0 Å². The molecule has 0 aliphatic rings. The third-order valence-electron chi connectivity index (χ3n) is 3.61. The molecular weight excluding hydrogens is 346 g/mol. The highest BCUT2D eigenvalue weighted by atomic mass is 35.5. The predicted molar refractivity (Wildman–Crippen MR) is 96.1 cm³/mol. The summed E-state index contributed by atoms with van der Waals surface area (Å²) in [6.07, 6.45) is 0. The molecule has 0 unspecified atom stereocenters. The molecule has 1 atom stereocenters. The molecule has 7 nitrogen and oxygen atoms in total. The van der Waals surface area contributed by atoms with Gasteiger partial charge in [-0.05, 0) is 24.6 Å². The minimum atomic E-state index is -0.535. The van der Waals surface area contributed by atoms with E-state index in [0.29, 0.717) is 10.8 Å². The van der Waals surface area contributed by atoms with Crippen LogP contribution in [0.5, 0.6) is 5.75 Å². The summed E-state index contributed by atoms with van der Waals surface area (Å²) in [5.74, 6) is -0.00389. The van der Waals surface area contributed by atoms with E-state index >= 15 is 0 Å². The van der Waals surface area contributed by atoms with Gasteiger partial charge in [0.2, 0.25) is 5.91 Å². The zero-order chi connectivity index (χ0) is 18.4. The van der Waals surface area contributed by atoms with Gasteiger partial charge in [0.15, 0.2) is 0 Å². The van der Waals surface area contributed by atoms with Crippen LogP contribution in [-0.2, 0) is 4.79 Å². The number of carbonyl (C=O) groups is 1. The van der Waals surface area contributed by atoms with E-state index in [4.69, 9.17) is 16.3 Å². The maximum Gasteiger partial charge on any atom is 0.271 e. The van der Waals surface area contributed by atoms with E-state index in [2.05, 4.69) is 10.6 Å². The second-order valence-corrected chi connectivity index (χ2v) is 5.72. The molecule has 0 heterocycles. The summed E-state index contributed by atoms with van der Waals surface area (Å²) in [5.41, 5.74) is 0.993. The fraction of sp³-hybridized carbons (Fsp3) is 0.235. The van der Waals surface area contributed by atoms with Crippen LogP contribution in [0.1, 0.15) is 18.5 Å². The van der Waals surface area contributed by atoms with Crippen LogP contribution in [0.25, 0.3) is 0 Å². The molecule has 2 N–H and O–H groups in total. The van der Waals surface area contributed by atoms with Gasteiger partial charge in [-0.15, -0.1) is 0 Å². The van der Waals surface area contributed by atoms with Crippen molar-refractivity contribution in [2.45, 2.75) is 13.0 Å². The minimum Gasteiger partial charge on any atom is -0.495 e. The minimum absolute atomic E-state index is 0.0121. The van der Waals surface area contributed by atoms with Crippen molar-refractivity contribution >= 4 is 28.9 Å². The number of benzene rings is 2. The molecule has 0 aliphatic heterocycles. The van der Waals surface area contributed by atoms with Crippen LogP contribution < -0.4 is 15.4 Å². The topological polar surface area (TPSA) is 93.5 Å². The Morgan fingerprint density at radius 3 is 2.68 bits per heavy atom. The van der Waals surface area contributed by atoms with Crippen molar-refractivity contribution in [3.05, 3.63) is 63.2 Å². The molecule has 0 aliphatic carbocycles. The molecule has 0 radical (unpaired) electrons. The molecular formula is C17H18ClN3O4. The molecule has 8 heteroatoms. The Kier molecular flexibility index (Phi) is 6.32. The number of hydrogen-bond acceptors (Lipinski definition) is 5. The van der Waals surface area contributed by atoms with Crippen LogP contribution in [0.15, 0.2) is 42.5 Å². The van der Waals surface area contributed by atoms with E-state index in [1.807, 2.05) is 25.1 Å². The van der Waals surface area contributed by atoms with Crippen LogP contribution in [0.3, 0.4) is 0 Å². The molecule has 0 bridgehead atoms. The highest BCUT2D eigenvalue weighted by molar-refractivity contribution is 6.31. The van der Waals surface area contributed by atoms with Gasteiger partial charge in [0.1, 0.15) is 5.75 Å². The average molecular weight is 364 g/mol. The summed E-state index contributed by atoms with van der Waals surface area (Å²) < 4.78 is 5.12. The normalized spacial score (nSPS) is 11.6. The molecule has 0 spiro atoms. The first-order chi connectivity index (χ1) is 11.9. The Balaban J connectivity index is 2.02. The van der Waals surface area contributed by atoms with Crippen LogP contribution in [0.2, 0.25) is 5.02 Å². The molecule has 1 amide bonds. The van der Waals surface area contributed by atoms with E-state index in [1.165, 1.54) is 25.3 Å². The number of methoxy groups -OCH3 is 1. The monoisotopic (exact) mass is 363 g/mol. The second-order valence-electron chi connectivity index (χ2n) is 5.31. The van der Waals surface area contributed by atoms with Gasteiger partial charge < -0.3 is 15.4 Å². The maximum absolute atomic E-state index is 12.2. The standard InChI is InChI=1S/C17H18ClN3O4/c1-11(13-5-3-4-6-14(13)18)19-10-17(22)20-15-9-12(21(23)24)7-8-16(15)25-2/h3-9,11,19H,10H2,1-2H3,(H,20,22)/t11-/m0/s1. The summed E-state index contributed by atoms with van der Waals surface area (Å²) in [7, 11) is 1.43. The summed E-state index contributed by atoms with van der Waals surface area (Å²) in [4.78, 5) is 22.5. The fourth-order valence-electron chi connectivity index (χ4n) is 2.28. The average Bonchev–Trinajstić information content (AvgIpc) is 2.60. The van der Waals surface area contributed by atoms with E-state index in [9.17, 15) is 14.9 Å². The van der Waals surface area contributed by atoms with E-state index in [0.717, 1.165) is 5.56 Å². The third-order valence-corrected chi connectivity index (χ3v) is 3.95. The van der Waals surface area contributed by atoms with Crippen molar-refractivity contribution in [1.82, 2.24) is 5.32 Å². The number of ether oxygens (including phenoxy) is 1. The van der Waals surface area contributed by atoms with Crippen molar-refractivity contribution in [2.75, 3.05) is 19.0 Å². The Labute approximate surface area is 150 Å². The highest BCUT2D eigenvalue weighted by Crippen LogP contribution is 2.28. The van der Waals surface area contributed by atoms with Crippen LogP contribution in [0, 0.1) is 10.1 Å². The highest BCUT2D eigenvalue weighted by Gasteiger charge is 2.15. The first-order valence-electron chi connectivity index (χ1n) is 7.52. The molecule has 0 saturated carbocycles. The molecule has 2 aromatic carbocycles. The molecule has 2 aromatic rings. The summed E-state index contributed by atoms with van der Waals surface area (Å²) in [6, 6.07) is 11.2. The number of nitro benzene ring substituents is 1. The lowest BCUT2D eigenvalue weighted by atomic mass is 10.1. The lowest BCUT2D eigenvalue weighted by Crippen LogP contribution is -2.30. The number of rotatable bonds is 7. The second kappa shape index (κ2) is 8.46. The number of nitrogens with one attached hydrogen (secondary N) is 2. The Morgan fingerprint density at radius 2 is 2.04 bits per heavy atom. The summed E-state index contributed by atoms with van der Waals surface area (Å²) >= 11 is 6.13. The van der Waals surface area contributed by atoms with Crippen molar-refractivity contribution in [3.63, 3.8) is 0 Å². The number of nitro groups is 1. The molecule has 0 fully saturated rings. The van der Waals surface area contributed by atoms with E-state index < -0.39 is 4.92 Å². The maximum atomic E-state index is 12.2. The van der Waals surface area contributed by atoms with Crippen LogP contribution >= 0.6 is 11.6 Å². The van der Waals surface area contributed by atoms with Gasteiger partial charge in [0.25, 0.3) is 5.69 Å². The number of hydrogen-bond donors (Lipinski definition) is 2. The van der Waals surface area contributed by atoms with Gasteiger partial charge >= 0.3 is 0 Å². The molecule has 0 aromatic heterocycles. The van der Waals surface area contributed by atoms with E-state index in [1.54, 1.807) is 6.07 Å². The van der Waals surface area contributed by atoms with Crippen molar-refractivity contribution in [1.29, 1.82) is 0 Å². The number of nitrogens with zero attached hydrogens (tertiary/aromatic N) is 1. The van der Waals surface area contributed by atoms with Crippen molar-refractivity contribution in [3.8, 4) is 5.75 Å². The summed E-state index contributed by atoms with van der Waals surface area (Å²) in [6.45, 7) is 1.90. The molecule has 2 rings (SSSR count). The number of non-ortho nitro benzene ring substituents is 1. The molecule has 25 heavy (non-hydrogen) atoms. The van der Waals surface area contributed by atoms with Gasteiger partial charge in [-0.25, -0.2) is 0 Å². The Hall–Kier alpha value is -2.64. The quantitative estimate of drug-likeness (QED) is 0.579. The number of anilines is 1. The Bertz CT molecular complexity index is 782. The van der Waals surface area contributed by atoms with Crippen LogP contribution in [-0.4, -0.2) is 24.5 Å². The van der Waals surface area contributed by atoms with E-state index in [-0.39, 0.29) is 29.9 Å². The van der Waals surface area contributed by atoms with Gasteiger partial charge in [-0.2, -0.15) is 0 Å². The molecule has 0 saturated heterocycles. The molecule has 132 valence electrons. The largest absolute Gasteiger partial charge is 0.495 e. The van der Waals surface area contributed by atoms with Gasteiger partial charge in [0.05, 0.1) is 24.3 Å². The lowest BCUT2D eigenvalue weighted by Gasteiger charge is -2.16. The number of halogens is 1. The van der Waals surface area contributed by atoms with Gasteiger partial charge in [-0.3, -0.25) is 14.9 Å². The lowest BCUT2D eigenvalue weighted by molar-refractivity contribution is -0.384. The zero-order valence-corrected chi connectivity index (χ0v) is 14.5. The number of amides is 1. The van der Waals surface area contributed by atoms with Crippen molar-refractivity contribution < 1.29 is 14.5 Å². The first-order valence-corrected chi connectivity index (χ1v) is 7.90. The smallest absolute Gasteiger partial charge is 0.271 e. The SMILES string of the molecule is COc1ccc([N+](=O)[O-])cc1NC(=O)CN[C@@H](C)c1ccccc1Cl. The Morgan fingerprint density at radius 1 is 1.32 bits per heavy atom. The zero-order valence-electron chi connectivity index (χ0n) is 13.8. The van der Waals surface area contributed by atoms with Gasteiger partial charge in [0, 0.05) is 23.2 Å². The summed E-state index contributed by atoms with van der Waals surface area (Å²) in [5, 5.41) is 17.2. The third kappa shape index (κ3) is 4.91. The van der Waals surface area contributed by atoms with Crippen LogP contribution in [0.4, 0.5) is 11.4 Å². The predicted octanol–water partition coefficient (Wildman–Crippen LogP) is 3.55. The first kappa shape index (κ1) is 18.7. The number of carbonyl (C=O) groups excluding carboxylic acids is 1.